The first kappa shape index (κ1) is 17.7. The van der Waals surface area contributed by atoms with Crippen molar-refractivity contribution in [3.63, 3.8) is 0 Å². The van der Waals surface area contributed by atoms with Crippen LogP contribution in [0.25, 0.3) is 0 Å². The van der Waals surface area contributed by atoms with Crippen LogP contribution in [0.2, 0.25) is 0 Å². The lowest BCUT2D eigenvalue weighted by Crippen LogP contribution is -2.57. The third-order valence-corrected chi connectivity index (χ3v) is 5.30. The Morgan fingerprint density at radius 3 is 2.35 bits per heavy atom. The first-order valence-electron chi connectivity index (χ1n) is 9.35. The maximum Gasteiger partial charge on any atom is 0.184 e. The number of hydrogen-bond donors (Lipinski definition) is 0. The van der Waals surface area contributed by atoms with Crippen molar-refractivity contribution in [2.75, 3.05) is 6.61 Å². The minimum Gasteiger partial charge on any atom is -0.370 e. The van der Waals surface area contributed by atoms with Crippen LogP contribution in [-0.2, 0) is 25.6 Å². The van der Waals surface area contributed by atoms with Crippen LogP contribution in [0, 0.1) is 5.92 Å². The molecule has 4 rings (SSSR count). The lowest BCUT2D eigenvalue weighted by Gasteiger charge is -2.48. The topological polar surface area (TPSA) is 36.9 Å². The molecule has 4 nitrogen and oxygen atoms in total. The van der Waals surface area contributed by atoms with E-state index in [0.29, 0.717) is 13.2 Å². The maximum atomic E-state index is 6.29. The Hall–Kier alpha value is -1.72. The summed E-state index contributed by atoms with van der Waals surface area (Å²) in [6.07, 6.45) is -0.421. The summed E-state index contributed by atoms with van der Waals surface area (Å²) in [5.41, 5.74) is 2.21. The van der Waals surface area contributed by atoms with E-state index in [2.05, 4.69) is 26.0 Å². The van der Waals surface area contributed by atoms with Gasteiger partial charge in [0, 0.05) is 11.5 Å². The molecule has 26 heavy (non-hydrogen) atoms. The third-order valence-electron chi connectivity index (χ3n) is 5.30. The monoisotopic (exact) mass is 354 g/mol. The Bertz CT molecular complexity index is 690. The summed E-state index contributed by atoms with van der Waals surface area (Å²) in [6.45, 7) is 5.40. The molecule has 2 aliphatic heterocycles. The van der Waals surface area contributed by atoms with Gasteiger partial charge in [0.15, 0.2) is 6.29 Å². The van der Waals surface area contributed by atoms with Gasteiger partial charge >= 0.3 is 0 Å². The highest BCUT2D eigenvalue weighted by Gasteiger charge is 2.46. The zero-order valence-corrected chi connectivity index (χ0v) is 15.3. The molecule has 2 fully saturated rings. The van der Waals surface area contributed by atoms with Crippen molar-refractivity contribution in [3.05, 3.63) is 71.8 Å². The molecule has 4 heteroatoms. The van der Waals surface area contributed by atoms with E-state index in [4.69, 9.17) is 18.9 Å². The number of fused-ring (bicyclic) bond motifs is 1. The Labute approximate surface area is 155 Å². The van der Waals surface area contributed by atoms with Crippen LogP contribution in [0.1, 0.15) is 31.3 Å². The minimum absolute atomic E-state index is 0.00835. The molecule has 0 aliphatic carbocycles. The molecule has 6 atom stereocenters. The zero-order chi connectivity index (χ0) is 17.9. The highest BCUT2D eigenvalue weighted by Crippen LogP contribution is 2.37. The van der Waals surface area contributed by atoms with Crippen LogP contribution in [0.3, 0.4) is 0 Å². The Morgan fingerprint density at radius 1 is 0.923 bits per heavy atom. The first-order chi connectivity index (χ1) is 12.7. The molecule has 0 radical (unpaired) electrons. The van der Waals surface area contributed by atoms with Crippen molar-refractivity contribution >= 4 is 0 Å². The van der Waals surface area contributed by atoms with Gasteiger partial charge in [-0.2, -0.15) is 0 Å². The van der Waals surface area contributed by atoms with Gasteiger partial charge in [0.05, 0.1) is 31.5 Å². The molecule has 138 valence electrons. The molecule has 0 bridgehead atoms. The summed E-state index contributed by atoms with van der Waals surface area (Å²) in [5.74, 6) is 0.225. The summed E-state index contributed by atoms with van der Waals surface area (Å²) in [6, 6.07) is 20.3. The van der Waals surface area contributed by atoms with E-state index in [1.54, 1.807) is 0 Å². The largest absolute Gasteiger partial charge is 0.370 e. The number of ether oxygens (including phenoxy) is 4. The lowest BCUT2D eigenvalue weighted by molar-refractivity contribution is -0.319. The van der Waals surface area contributed by atoms with Crippen LogP contribution in [0.5, 0.6) is 0 Å². The van der Waals surface area contributed by atoms with E-state index in [-0.39, 0.29) is 36.6 Å². The average molecular weight is 354 g/mol. The SMILES string of the molecule is C[C@@H]1C(OCc2ccccc2)[C@@H](C)OC2COC(c3ccccc3)O[C@H]21. The van der Waals surface area contributed by atoms with E-state index >= 15 is 0 Å². The molecule has 2 aromatic rings. The molecule has 3 unspecified atom stereocenters. The maximum absolute atomic E-state index is 6.29. The highest BCUT2D eigenvalue weighted by atomic mass is 16.7. The molecule has 0 aromatic heterocycles. The molecule has 0 spiro atoms. The van der Waals surface area contributed by atoms with Gasteiger partial charge in [-0.25, -0.2) is 0 Å². The quantitative estimate of drug-likeness (QED) is 0.828. The fraction of sp³-hybridized carbons (Fsp3) is 0.455. The van der Waals surface area contributed by atoms with Crippen molar-refractivity contribution in [1.82, 2.24) is 0 Å². The fourth-order valence-electron chi connectivity index (χ4n) is 3.93. The number of benzene rings is 2. The van der Waals surface area contributed by atoms with Gasteiger partial charge in [0.1, 0.15) is 6.10 Å². The second-order valence-electron chi connectivity index (χ2n) is 7.18. The van der Waals surface area contributed by atoms with Crippen molar-refractivity contribution in [3.8, 4) is 0 Å². The van der Waals surface area contributed by atoms with Crippen LogP contribution in [-0.4, -0.2) is 31.0 Å². The van der Waals surface area contributed by atoms with Gasteiger partial charge in [-0.15, -0.1) is 0 Å². The van der Waals surface area contributed by atoms with Crippen molar-refractivity contribution in [2.24, 2.45) is 5.92 Å². The van der Waals surface area contributed by atoms with E-state index in [1.165, 1.54) is 5.56 Å². The van der Waals surface area contributed by atoms with Gasteiger partial charge in [0.2, 0.25) is 0 Å². The van der Waals surface area contributed by atoms with E-state index < -0.39 is 0 Å². The van der Waals surface area contributed by atoms with Crippen molar-refractivity contribution < 1.29 is 18.9 Å². The second-order valence-corrected chi connectivity index (χ2v) is 7.18. The molecule has 0 saturated carbocycles. The number of hydrogen-bond acceptors (Lipinski definition) is 4. The molecule has 2 aliphatic rings. The van der Waals surface area contributed by atoms with Crippen LogP contribution >= 0.6 is 0 Å². The van der Waals surface area contributed by atoms with Crippen LogP contribution in [0.15, 0.2) is 60.7 Å². The van der Waals surface area contributed by atoms with Gasteiger partial charge < -0.3 is 18.9 Å². The third kappa shape index (κ3) is 3.69. The average Bonchev–Trinajstić information content (AvgIpc) is 2.69. The summed E-state index contributed by atoms with van der Waals surface area (Å²) in [7, 11) is 0. The Morgan fingerprint density at radius 2 is 1.62 bits per heavy atom. The van der Waals surface area contributed by atoms with E-state index in [1.807, 2.05) is 48.5 Å². The molecule has 0 N–H and O–H groups in total. The smallest absolute Gasteiger partial charge is 0.184 e. The standard InChI is InChI=1S/C22H26O4/c1-15-20(23-13-17-9-5-3-6-10-17)16(2)25-19-14-24-22(26-21(15)19)18-11-7-4-8-12-18/h3-12,15-16,19-22H,13-14H2,1-2H3/t15-,16-,19?,20?,21+,22?/m1/s1. The van der Waals surface area contributed by atoms with Gasteiger partial charge in [0.25, 0.3) is 0 Å². The van der Waals surface area contributed by atoms with Gasteiger partial charge in [-0.3, -0.25) is 0 Å². The predicted octanol–water partition coefficient (Wildman–Crippen LogP) is 4.11. The molecule has 0 amide bonds. The minimum atomic E-state index is -0.341. The highest BCUT2D eigenvalue weighted by molar-refractivity contribution is 5.17. The predicted molar refractivity (Wildman–Crippen MR) is 98.5 cm³/mol. The molecule has 2 aromatic carbocycles. The van der Waals surface area contributed by atoms with Gasteiger partial charge in [-0.05, 0) is 12.5 Å². The van der Waals surface area contributed by atoms with E-state index in [9.17, 15) is 0 Å². The number of rotatable bonds is 4. The summed E-state index contributed by atoms with van der Waals surface area (Å²) in [4.78, 5) is 0. The van der Waals surface area contributed by atoms with Crippen molar-refractivity contribution in [1.29, 1.82) is 0 Å². The normalized spacial score (nSPS) is 34.2. The summed E-state index contributed by atoms with van der Waals surface area (Å²) < 4.78 is 24.6. The molecular formula is C22H26O4. The second kappa shape index (κ2) is 7.89. The van der Waals surface area contributed by atoms with E-state index in [0.717, 1.165) is 5.56 Å². The fourth-order valence-corrected chi connectivity index (χ4v) is 3.93. The van der Waals surface area contributed by atoms with Crippen molar-refractivity contribution in [2.45, 2.75) is 51.2 Å². The molecular weight excluding hydrogens is 328 g/mol. The summed E-state index contributed by atoms with van der Waals surface area (Å²) >= 11 is 0. The first-order valence-corrected chi connectivity index (χ1v) is 9.35. The molecule has 2 saturated heterocycles. The summed E-state index contributed by atoms with van der Waals surface area (Å²) in [5, 5.41) is 0. The lowest BCUT2D eigenvalue weighted by atomic mass is 9.87. The molecule has 2 heterocycles. The van der Waals surface area contributed by atoms with Gasteiger partial charge in [-0.1, -0.05) is 67.6 Å². The van der Waals surface area contributed by atoms with Crippen LogP contribution < -0.4 is 0 Å². The Balaban J connectivity index is 1.44. The Kier molecular flexibility index (Phi) is 5.36. The van der Waals surface area contributed by atoms with Crippen LogP contribution in [0.4, 0.5) is 0 Å². The zero-order valence-electron chi connectivity index (χ0n) is 15.3.